The zero-order chi connectivity index (χ0) is 25.4. The summed E-state index contributed by atoms with van der Waals surface area (Å²) in [6.07, 6.45) is -3.05. The van der Waals surface area contributed by atoms with E-state index in [0.29, 0.717) is 25.2 Å². The maximum atomic E-state index is 14.4. The van der Waals surface area contributed by atoms with Gasteiger partial charge in [0.1, 0.15) is 5.82 Å². The lowest BCUT2D eigenvalue weighted by Crippen LogP contribution is -2.24. The molecule has 6 N–H and O–H groups in total. The molecule has 13 heteroatoms. The molecule has 0 saturated heterocycles. The Balaban J connectivity index is 1.67. The molecule has 0 bridgehead atoms. The number of carbonyl (C=O) groups excluding carboxylic acids is 1. The van der Waals surface area contributed by atoms with E-state index in [-0.39, 0.29) is 22.8 Å². The van der Waals surface area contributed by atoms with Gasteiger partial charge >= 0.3 is 12.4 Å². The maximum absolute atomic E-state index is 14.4. The molecular formula is C22H22F4N6O3. The molecule has 0 aliphatic rings. The fourth-order valence-electron chi connectivity index (χ4n) is 3.02. The van der Waals surface area contributed by atoms with E-state index in [4.69, 9.17) is 5.73 Å². The van der Waals surface area contributed by atoms with E-state index >= 15 is 0 Å². The lowest BCUT2D eigenvalue weighted by molar-refractivity contribution is -0.274. The molecule has 3 aromatic rings. The molecule has 35 heavy (non-hydrogen) atoms. The van der Waals surface area contributed by atoms with Gasteiger partial charge in [0, 0.05) is 18.3 Å². The van der Waals surface area contributed by atoms with Crippen LogP contribution in [-0.4, -0.2) is 35.5 Å². The van der Waals surface area contributed by atoms with Crippen molar-refractivity contribution in [3.05, 3.63) is 70.4 Å². The summed E-state index contributed by atoms with van der Waals surface area (Å²) in [5.41, 5.74) is 5.24. The molecule has 0 spiro atoms. The molecule has 3 rings (SSSR count). The number of urea groups is 1. The fourth-order valence-corrected chi connectivity index (χ4v) is 3.02. The van der Waals surface area contributed by atoms with E-state index < -0.39 is 29.5 Å². The summed E-state index contributed by atoms with van der Waals surface area (Å²) in [5.74, 6) is -1.40. The summed E-state index contributed by atoms with van der Waals surface area (Å²) < 4.78 is 55.9. The number of amides is 2. The fraction of sp³-hybridized carbons (Fsp3) is 0.227. The summed E-state index contributed by atoms with van der Waals surface area (Å²) >= 11 is 0. The number of aromatic amines is 1. The van der Waals surface area contributed by atoms with Gasteiger partial charge < -0.3 is 21.1 Å². The highest BCUT2D eigenvalue weighted by atomic mass is 19.4. The van der Waals surface area contributed by atoms with Crippen LogP contribution in [0.25, 0.3) is 11.1 Å². The molecule has 186 valence electrons. The highest BCUT2D eigenvalue weighted by molar-refractivity contribution is 5.99. The first-order chi connectivity index (χ1) is 16.7. The van der Waals surface area contributed by atoms with Crippen LogP contribution < -0.4 is 32.0 Å². The molecule has 0 radical (unpaired) electrons. The topological polar surface area (TPSA) is 134 Å². The molecule has 0 atom stereocenters. The number of benzene rings is 2. The average Bonchev–Trinajstić information content (AvgIpc) is 2.78. The highest BCUT2D eigenvalue weighted by Gasteiger charge is 2.32. The largest absolute Gasteiger partial charge is 0.573 e. The molecule has 2 amide bonds. The van der Waals surface area contributed by atoms with Crippen molar-refractivity contribution in [2.75, 3.05) is 23.7 Å². The SMILES string of the molecule is NCCCNCc1ccc(-c2cnc(NC(=O)Nc3ccccc3OC(F)(F)F)[nH]c2=O)cc1F. The van der Waals surface area contributed by atoms with Crippen molar-refractivity contribution in [1.82, 2.24) is 15.3 Å². The van der Waals surface area contributed by atoms with Gasteiger partial charge in [0.25, 0.3) is 5.56 Å². The van der Waals surface area contributed by atoms with Crippen LogP contribution in [0.3, 0.4) is 0 Å². The van der Waals surface area contributed by atoms with E-state index in [0.717, 1.165) is 18.7 Å². The van der Waals surface area contributed by atoms with Crippen LogP contribution in [0.5, 0.6) is 5.75 Å². The van der Waals surface area contributed by atoms with Gasteiger partial charge in [-0.1, -0.05) is 24.3 Å². The summed E-state index contributed by atoms with van der Waals surface area (Å²) in [7, 11) is 0. The number of anilines is 2. The quantitative estimate of drug-likeness (QED) is 0.228. The lowest BCUT2D eigenvalue weighted by atomic mass is 10.1. The third-order valence-corrected chi connectivity index (χ3v) is 4.63. The minimum atomic E-state index is -4.95. The van der Waals surface area contributed by atoms with Gasteiger partial charge in [-0.3, -0.25) is 15.1 Å². The van der Waals surface area contributed by atoms with Crippen molar-refractivity contribution < 1.29 is 27.1 Å². The molecular weight excluding hydrogens is 472 g/mol. The Hall–Kier alpha value is -3.97. The Kier molecular flexibility index (Phi) is 8.39. The van der Waals surface area contributed by atoms with E-state index in [1.807, 2.05) is 0 Å². The molecule has 2 aromatic carbocycles. The Morgan fingerprint density at radius 1 is 1.14 bits per heavy atom. The summed E-state index contributed by atoms with van der Waals surface area (Å²) in [6.45, 7) is 1.47. The number of hydrogen-bond donors (Lipinski definition) is 5. The first-order valence-electron chi connectivity index (χ1n) is 10.4. The molecule has 0 unspecified atom stereocenters. The van der Waals surface area contributed by atoms with E-state index in [9.17, 15) is 27.2 Å². The summed E-state index contributed by atoms with van der Waals surface area (Å²) in [6, 6.07) is 8.25. The van der Waals surface area contributed by atoms with Crippen LogP contribution in [0.1, 0.15) is 12.0 Å². The number of ether oxygens (including phenoxy) is 1. The second kappa shape index (κ2) is 11.4. The number of para-hydroxylation sites is 2. The van der Waals surface area contributed by atoms with Crippen LogP contribution >= 0.6 is 0 Å². The predicted molar refractivity (Wildman–Crippen MR) is 121 cm³/mol. The molecule has 0 fully saturated rings. The number of aromatic nitrogens is 2. The van der Waals surface area contributed by atoms with Crippen molar-refractivity contribution in [2.45, 2.75) is 19.3 Å². The average molecular weight is 494 g/mol. The number of alkyl halides is 3. The number of halogens is 4. The van der Waals surface area contributed by atoms with Crippen LogP contribution in [0, 0.1) is 5.82 Å². The Morgan fingerprint density at radius 3 is 2.60 bits per heavy atom. The molecule has 1 aromatic heterocycles. The zero-order valence-electron chi connectivity index (χ0n) is 18.2. The first-order valence-corrected chi connectivity index (χ1v) is 10.4. The van der Waals surface area contributed by atoms with Gasteiger partial charge in [0.15, 0.2) is 5.75 Å². The minimum Gasteiger partial charge on any atom is -0.404 e. The van der Waals surface area contributed by atoms with E-state index in [2.05, 4.69) is 30.7 Å². The summed E-state index contributed by atoms with van der Waals surface area (Å²) in [4.78, 5) is 30.9. The first kappa shape index (κ1) is 25.6. The predicted octanol–water partition coefficient (Wildman–Crippen LogP) is 3.56. The zero-order valence-corrected chi connectivity index (χ0v) is 18.2. The summed E-state index contributed by atoms with van der Waals surface area (Å²) in [5, 5.41) is 7.46. The van der Waals surface area contributed by atoms with E-state index in [1.54, 1.807) is 12.1 Å². The normalized spacial score (nSPS) is 11.2. The van der Waals surface area contributed by atoms with E-state index in [1.165, 1.54) is 24.3 Å². The van der Waals surface area contributed by atoms with Gasteiger partial charge in [-0.05, 0) is 43.3 Å². The number of rotatable bonds is 9. The molecule has 9 nitrogen and oxygen atoms in total. The Morgan fingerprint density at radius 2 is 1.91 bits per heavy atom. The van der Waals surface area contributed by atoms with Crippen molar-refractivity contribution in [2.24, 2.45) is 5.73 Å². The monoisotopic (exact) mass is 494 g/mol. The highest BCUT2D eigenvalue weighted by Crippen LogP contribution is 2.30. The number of carbonyl (C=O) groups is 1. The van der Waals surface area contributed by atoms with Crippen LogP contribution in [0.4, 0.5) is 34.0 Å². The third-order valence-electron chi connectivity index (χ3n) is 4.63. The second-order valence-electron chi connectivity index (χ2n) is 7.22. The van der Waals surface area contributed by atoms with Gasteiger partial charge in [-0.2, -0.15) is 0 Å². The number of nitrogens with one attached hydrogen (secondary N) is 4. The Labute approximate surface area is 196 Å². The molecule has 0 aliphatic heterocycles. The number of nitrogens with zero attached hydrogens (tertiary/aromatic N) is 1. The van der Waals surface area contributed by atoms with Crippen molar-refractivity contribution in [3.63, 3.8) is 0 Å². The standard InChI is InChI=1S/C22H22F4N6O3/c23-16-10-13(6-7-14(16)11-28-9-3-8-27)15-12-29-20(31-19(15)33)32-21(34)30-17-4-1-2-5-18(17)35-22(24,25)26/h1-2,4-7,10,12,28H,3,8-9,11,27H2,(H3,29,30,31,32,33,34). The van der Waals surface area contributed by atoms with Gasteiger partial charge in [-0.25, -0.2) is 14.2 Å². The van der Waals surface area contributed by atoms with Crippen molar-refractivity contribution in [3.8, 4) is 16.9 Å². The second-order valence-corrected chi connectivity index (χ2v) is 7.22. The van der Waals surface area contributed by atoms with Crippen LogP contribution in [-0.2, 0) is 6.54 Å². The van der Waals surface area contributed by atoms with Gasteiger partial charge in [-0.15, -0.1) is 13.2 Å². The maximum Gasteiger partial charge on any atom is 0.573 e. The molecule has 0 saturated carbocycles. The van der Waals surface area contributed by atoms with Crippen LogP contribution in [0.2, 0.25) is 0 Å². The molecule has 1 heterocycles. The van der Waals surface area contributed by atoms with Gasteiger partial charge in [0.05, 0.1) is 11.3 Å². The Bertz CT molecular complexity index is 1230. The third kappa shape index (κ3) is 7.52. The number of nitrogens with two attached hydrogens (primary N) is 1. The minimum absolute atomic E-state index is 0.0569. The number of hydrogen-bond acceptors (Lipinski definition) is 6. The van der Waals surface area contributed by atoms with Crippen molar-refractivity contribution >= 4 is 17.7 Å². The number of H-pyrrole nitrogens is 1. The van der Waals surface area contributed by atoms with Gasteiger partial charge in [0.2, 0.25) is 5.95 Å². The van der Waals surface area contributed by atoms with Crippen LogP contribution in [0.15, 0.2) is 53.5 Å². The lowest BCUT2D eigenvalue weighted by Gasteiger charge is -2.14. The van der Waals surface area contributed by atoms with Crippen molar-refractivity contribution in [1.29, 1.82) is 0 Å². The molecule has 0 aliphatic carbocycles. The smallest absolute Gasteiger partial charge is 0.404 e.